The molecule has 1 aliphatic heterocycles. The molecule has 2 aromatic carbocycles. The van der Waals surface area contributed by atoms with Gasteiger partial charge in [0, 0.05) is 38.0 Å². The number of nitro benzene ring substituents is 1. The summed E-state index contributed by atoms with van der Waals surface area (Å²) >= 11 is 0. The molecule has 4 N–H and O–H groups in total. The summed E-state index contributed by atoms with van der Waals surface area (Å²) in [5, 5.41) is 16.7. The summed E-state index contributed by atoms with van der Waals surface area (Å²) in [5.74, 6) is -1.12. The van der Waals surface area contributed by atoms with Gasteiger partial charge >= 0.3 is 0 Å². The first-order valence-electron chi connectivity index (χ1n) is 10.3. The third-order valence-electron chi connectivity index (χ3n) is 5.38. The summed E-state index contributed by atoms with van der Waals surface area (Å²) < 4.78 is 0. The maximum Gasteiger partial charge on any atom is 0.292 e. The zero-order chi connectivity index (χ0) is 23.1. The zero-order valence-corrected chi connectivity index (χ0v) is 17.5. The van der Waals surface area contributed by atoms with Crippen molar-refractivity contribution in [2.45, 2.75) is 19.3 Å². The number of hydrogen-bond donors (Lipinski definition) is 3. The number of likely N-dealkylation sites (tertiary alicyclic amines) is 1. The van der Waals surface area contributed by atoms with Crippen LogP contribution in [0.25, 0.3) is 0 Å². The van der Waals surface area contributed by atoms with Gasteiger partial charge in [-0.25, -0.2) is 0 Å². The van der Waals surface area contributed by atoms with E-state index >= 15 is 0 Å². The number of piperidine rings is 1. The number of nitrogens with two attached hydrogens (primary N) is 1. The molecule has 2 aromatic rings. The summed E-state index contributed by atoms with van der Waals surface area (Å²) in [5.41, 5.74) is 6.38. The molecule has 10 heteroatoms. The Bertz CT molecular complexity index is 1020. The lowest BCUT2D eigenvalue weighted by Gasteiger charge is -2.31. The highest BCUT2D eigenvalue weighted by molar-refractivity contribution is 6.03. The minimum absolute atomic E-state index is 0.0541. The fourth-order valence-corrected chi connectivity index (χ4v) is 3.62. The molecule has 0 unspecified atom stereocenters. The third kappa shape index (κ3) is 5.60. The molecular formula is C22H25N5O5. The molecule has 0 spiro atoms. The molecule has 3 rings (SSSR count). The quantitative estimate of drug-likeness (QED) is 0.425. The fourth-order valence-electron chi connectivity index (χ4n) is 3.62. The molecule has 1 aliphatic rings. The lowest BCUT2D eigenvalue weighted by Crippen LogP contribution is -2.42. The van der Waals surface area contributed by atoms with Gasteiger partial charge in [0.25, 0.3) is 11.6 Å². The molecule has 32 heavy (non-hydrogen) atoms. The van der Waals surface area contributed by atoms with Crippen molar-refractivity contribution in [3.05, 3.63) is 64.2 Å². The topological polar surface area (TPSA) is 148 Å². The summed E-state index contributed by atoms with van der Waals surface area (Å²) in [6, 6.07) is 12.9. The highest BCUT2D eigenvalue weighted by Crippen LogP contribution is 2.24. The van der Waals surface area contributed by atoms with Gasteiger partial charge < -0.3 is 21.3 Å². The van der Waals surface area contributed by atoms with Crippen LogP contribution in [0.1, 0.15) is 29.6 Å². The van der Waals surface area contributed by atoms with Gasteiger partial charge in [0.1, 0.15) is 5.69 Å². The molecule has 1 fully saturated rings. The Morgan fingerprint density at radius 1 is 1.03 bits per heavy atom. The van der Waals surface area contributed by atoms with E-state index < -0.39 is 4.92 Å². The second-order valence-corrected chi connectivity index (χ2v) is 7.51. The Morgan fingerprint density at radius 3 is 2.31 bits per heavy atom. The molecule has 0 aliphatic carbocycles. The van der Waals surface area contributed by atoms with Crippen LogP contribution in [0.2, 0.25) is 0 Å². The van der Waals surface area contributed by atoms with Crippen molar-refractivity contribution >= 4 is 34.8 Å². The molecule has 1 saturated heterocycles. The Labute approximate surface area is 184 Å². The lowest BCUT2D eigenvalue weighted by molar-refractivity contribution is -0.384. The van der Waals surface area contributed by atoms with Gasteiger partial charge in [0.15, 0.2) is 0 Å². The zero-order valence-electron chi connectivity index (χ0n) is 17.5. The first-order valence-corrected chi connectivity index (χ1v) is 10.3. The highest BCUT2D eigenvalue weighted by Gasteiger charge is 2.27. The first kappa shape index (κ1) is 22.7. The van der Waals surface area contributed by atoms with E-state index in [1.54, 1.807) is 47.4 Å². The van der Waals surface area contributed by atoms with Gasteiger partial charge in [-0.1, -0.05) is 24.3 Å². The van der Waals surface area contributed by atoms with Gasteiger partial charge in [-0.05, 0) is 31.0 Å². The van der Waals surface area contributed by atoms with E-state index in [4.69, 9.17) is 5.73 Å². The minimum Gasteiger partial charge on any atom is -0.379 e. The van der Waals surface area contributed by atoms with Crippen LogP contribution in [0.5, 0.6) is 0 Å². The van der Waals surface area contributed by atoms with Crippen molar-refractivity contribution in [3.63, 3.8) is 0 Å². The number of benzene rings is 2. The number of rotatable bonds is 8. The van der Waals surface area contributed by atoms with Crippen molar-refractivity contribution < 1.29 is 19.3 Å². The number of hydrogen-bond acceptors (Lipinski definition) is 6. The van der Waals surface area contributed by atoms with Crippen LogP contribution in [0, 0.1) is 16.0 Å². The second-order valence-electron chi connectivity index (χ2n) is 7.51. The summed E-state index contributed by atoms with van der Waals surface area (Å²) in [6.45, 7) is 1.04. The van der Waals surface area contributed by atoms with Gasteiger partial charge in [-0.15, -0.1) is 0 Å². The number of para-hydroxylation sites is 3. The van der Waals surface area contributed by atoms with Gasteiger partial charge in [-0.3, -0.25) is 24.5 Å². The Kier molecular flexibility index (Phi) is 7.37. The van der Waals surface area contributed by atoms with E-state index in [0.29, 0.717) is 42.9 Å². The number of nitrogens with one attached hydrogen (secondary N) is 2. The molecular weight excluding hydrogens is 414 g/mol. The van der Waals surface area contributed by atoms with E-state index in [9.17, 15) is 24.5 Å². The van der Waals surface area contributed by atoms with Crippen molar-refractivity contribution in [2.24, 2.45) is 11.7 Å². The largest absolute Gasteiger partial charge is 0.379 e. The van der Waals surface area contributed by atoms with Crippen LogP contribution in [-0.4, -0.2) is 47.2 Å². The minimum atomic E-state index is -0.490. The number of primary amides is 1. The van der Waals surface area contributed by atoms with Crippen molar-refractivity contribution in [1.29, 1.82) is 0 Å². The summed E-state index contributed by atoms with van der Waals surface area (Å²) in [6.07, 6.45) is 1.10. The predicted octanol–water partition coefficient (Wildman–Crippen LogP) is 2.37. The normalized spacial score (nSPS) is 13.9. The van der Waals surface area contributed by atoms with E-state index in [2.05, 4.69) is 10.6 Å². The maximum absolute atomic E-state index is 13.0. The standard InChI is InChI=1S/C22H25N5O5/c23-21(29)15-10-13-26(14-11-15)22(30)16-5-1-2-6-17(16)25-20(28)9-12-24-18-7-3-4-8-19(18)27(31)32/h1-8,15,24H,9-14H2,(H2,23,29)(H,25,28). The van der Waals surface area contributed by atoms with Crippen molar-refractivity contribution in [3.8, 4) is 0 Å². The van der Waals surface area contributed by atoms with Gasteiger partial charge in [0.2, 0.25) is 11.8 Å². The van der Waals surface area contributed by atoms with E-state index in [-0.39, 0.29) is 42.3 Å². The third-order valence-corrected chi connectivity index (χ3v) is 5.38. The van der Waals surface area contributed by atoms with Gasteiger partial charge in [-0.2, -0.15) is 0 Å². The number of anilines is 2. The molecule has 0 radical (unpaired) electrons. The van der Waals surface area contributed by atoms with Crippen molar-refractivity contribution in [1.82, 2.24) is 4.90 Å². The highest BCUT2D eigenvalue weighted by atomic mass is 16.6. The smallest absolute Gasteiger partial charge is 0.292 e. The van der Waals surface area contributed by atoms with E-state index in [1.807, 2.05) is 0 Å². The molecule has 3 amide bonds. The number of amides is 3. The number of nitrogens with zero attached hydrogens (tertiary/aromatic N) is 2. The number of nitro groups is 1. The van der Waals surface area contributed by atoms with Crippen LogP contribution in [-0.2, 0) is 9.59 Å². The van der Waals surface area contributed by atoms with Crippen LogP contribution in [0.15, 0.2) is 48.5 Å². The van der Waals surface area contributed by atoms with E-state index in [0.717, 1.165) is 0 Å². The number of carbonyl (C=O) groups is 3. The summed E-state index contributed by atoms with van der Waals surface area (Å²) in [7, 11) is 0. The first-order chi connectivity index (χ1) is 15.4. The SMILES string of the molecule is NC(=O)C1CCN(C(=O)c2ccccc2NC(=O)CCNc2ccccc2[N+](=O)[O-])CC1. The van der Waals surface area contributed by atoms with Crippen LogP contribution < -0.4 is 16.4 Å². The molecule has 0 aromatic heterocycles. The molecule has 0 saturated carbocycles. The molecule has 10 nitrogen and oxygen atoms in total. The maximum atomic E-state index is 13.0. The van der Waals surface area contributed by atoms with Crippen LogP contribution in [0.4, 0.5) is 17.1 Å². The average molecular weight is 439 g/mol. The Balaban J connectivity index is 1.58. The van der Waals surface area contributed by atoms with Gasteiger partial charge in [0.05, 0.1) is 16.2 Å². The molecule has 168 valence electrons. The van der Waals surface area contributed by atoms with Crippen LogP contribution >= 0.6 is 0 Å². The van der Waals surface area contributed by atoms with Crippen LogP contribution in [0.3, 0.4) is 0 Å². The summed E-state index contributed by atoms with van der Waals surface area (Å²) in [4.78, 5) is 49.0. The lowest BCUT2D eigenvalue weighted by atomic mass is 9.95. The average Bonchev–Trinajstić information content (AvgIpc) is 2.79. The fraction of sp³-hybridized carbons (Fsp3) is 0.318. The number of carbonyl (C=O) groups excluding carboxylic acids is 3. The van der Waals surface area contributed by atoms with E-state index in [1.165, 1.54) is 6.07 Å². The molecule has 1 heterocycles. The monoisotopic (exact) mass is 439 g/mol. The van der Waals surface area contributed by atoms with Crippen molar-refractivity contribution in [2.75, 3.05) is 30.3 Å². The second kappa shape index (κ2) is 10.4. The Morgan fingerprint density at radius 2 is 1.66 bits per heavy atom. The molecule has 0 bridgehead atoms. The Hall–Kier alpha value is -3.95. The molecule has 0 atom stereocenters. The predicted molar refractivity (Wildman–Crippen MR) is 119 cm³/mol.